The number of ether oxygens (including phenoxy) is 1. The van der Waals surface area contributed by atoms with Crippen molar-refractivity contribution in [3.8, 4) is 11.5 Å². The van der Waals surface area contributed by atoms with Gasteiger partial charge in [-0.2, -0.15) is 43.9 Å². The Bertz CT molecular complexity index is 5930. The molecule has 0 radical (unpaired) electrons. The number of hydrogen-bond acceptors (Lipinski definition) is 23. The van der Waals surface area contributed by atoms with Crippen LogP contribution < -0.4 is 75.1 Å². The first-order valence-electron chi connectivity index (χ1n) is 33.5. The number of hydrazine groups is 2. The molecular weight excluding hydrogens is 2030 g/mol. The highest BCUT2D eigenvalue weighted by Crippen LogP contribution is 2.35. The Kier molecular flexibility index (Phi) is 34.7. The summed E-state index contributed by atoms with van der Waals surface area (Å²) in [5, 5.41) is 50.2. The van der Waals surface area contributed by atoms with Gasteiger partial charge in [0.1, 0.15) is 21.3 Å². The van der Waals surface area contributed by atoms with Gasteiger partial charge in [-0.05, 0) is 299 Å². The number of hydrogen-bond donors (Lipinski definition) is 20. The lowest BCUT2D eigenvalue weighted by atomic mass is 10.0. The summed E-state index contributed by atoms with van der Waals surface area (Å²) in [6.07, 6.45) is 8.64. The lowest BCUT2D eigenvalue weighted by molar-refractivity contribution is -0.132. The first kappa shape index (κ1) is 95.6. The van der Waals surface area contributed by atoms with Crippen molar-refractivity contribution in [3.63, 3.8) is 0 Å². The van der Waals surface area contributed by atoms with Gasteiger partial charge in [-0.25, -0.2) is 10.9 Å². The van der Waals surface area contributed by atoms with Crippen LogP contribution in [0.1, 0.15) is 40.3 Å². The average molecular weight is 2090 g/mol. The number of thiocarbonyl (C=S) groups is 4. The first-order valence-corrected chi connectivity index (χ1v) is 44.8. The molecule has 0 spiro atoms. The summed E-state index contributed by atoms with van der Waals surface area (Å²) >= 11 is 46.3. The number of phenols is 2. The molecule has 8 aromatic rings. The molecule has 0 bridgehead atoms. The molecule has 49 heteroatoms. The molecule has 20 N–H and O–H groups in total. The minimum absolute atomic E-state index is 0.00221. The summed E-state index contributed by atoms with van der Waals surface area (Å²) < 4.78 is 150. The molecular formula is C71H64Br4Cl2N16O19S8. The molecule has 0 aliphatic rings. The van der Waals surface area contributed by atoms with Crippen molar-refractivity contribution in [1.29, 1.82) is 0 Å². The molecule has 0 heterocycles. The Morgan fingerprint density at radius 2 is 0.783 bits per heavy atom. The van der Waals surface area contributed by atoms with Crippen molar-refractivity contribution in [3.05, 3.63) is 231 Å². The number of anilines is 6. The largest absolute Gasteiger partial charge is 0.506 e. The quantitative estimate of drug-likeness (QED) is 0.00365. The maximum absolute atomic E-state index is 13.5. The van der Waals surface area contributed by atoms with E-state index in [1.165, 1.54) is 152 Å². The summed E-state index contributed by atoms with van der Waals surface area (Å²) in [6, 6.07) is 29.6. The van der Waals surface area contributed by atoms with Crippen LogP contribution in [-0.4, -0.2) is 144 Å². The van der Waals surface area contributed by atoms with Crippen molar-refractivity contribution in [1.82, 2.24) is 43.2 Å². The lowest BCUT2D eigenvalue weighted by Crippen LogP contribution is -2.54. The molecule has 0 saturated carbocycles. The Morgan fingerprint density at radius 3 is 1.15 bits per heavy atom. The average Bonchev–Trinajstić information content (AvgIpc) is 0.805. The minimum Gasteiger partial charge on any atom is -0.506 e. The fourth-order valence-electron chi connectivity index (χ4n) is 10.00. The van der Waals surface area contributed by atoms with Crippen LogP contribution in [0.4, 0.5) is 34.1 Å². The van der Waals surface area contributed by atoms with Crippen LogP contribution >= 0.6 is 136 Å². The number of rotatable bonds is 31. The van der Waals surface area contributed by atoms with Gasteiger partial charge in [0.15, 0.2) is 32.5 Å². The Morgan fingerprint density at radius 1 is 0.450 bits per heavy atom. The van der Waals surface area contributed by atoms with Gasteiger partial charge in [-0.3, -0.25) is 59.1 Å². The predicted molar refractivity (Wildman–Crippen MR) is 485 cm³/mol. The molecule has 2 unspecified atom stereocenters. The topological polar surface area (TPSA) is 529 Å². The highest BCUT2D eigenvalue weighted by molar-refractivity contribution is 9.11. The van der Waals surface area contributed by atoms with Crippen molar-refractivity contribution in [2.45, 2.75) is 51.4 Å². The van der Waals surface area contributed by atoms with Crippen LogP contribution in [0.25, 0.3) is 12.2 Å². The fraction of sp³-hybridized carbons (Fsp3) is 0.0986. The zero-order valence-electron chi connectivity index (χ0n) is 60.8. The summed E-state index contributed by atoms with van der Waals surface area (Å²) in [5.74, 6) is -3.96. The van der Waals surface area contributed by atoms with E-state index in [9.17, 15) is 81.3 Å². The van der Waals surface area contributed by atoms with E-state index in [0.717, 1.165) is 36.4 Å². The van der Waals surface area contributed by atoms with Crippen molar-refractivity contribution in [2.75, 3.05) is 45.0 Å². The summed E-state index contributed by atoms with van der Waals surface area (Å²) in [7, 11) is -19.8. The zero-order chi connectivity index (χ0) is 88.0. The Hall–Kier alpha value is -9.90. The number of nitrogens with one attached hydrogen (secondary N) is 14. The monoisotopic (exact) mass is 2090 g/mol. The second-order valence-corrected chi connectivity index (χ2v) is 35.9. The van der Waals surface area contributed by atoms with E-state index in [-0.39, 0.29) is 103 Å². The molecule has 120 heavy (non-hydrogen) atoms. The molecule has 0 aliphatic heterocycles. The van der Waals surface area contributed by atoms with Gasteiger partial charge in [0.2, 0.25) is 0 Å². The maximum atomic E-state index is 13.5. The maximum Gasteiger partial charge on any atom is 0.295 e. The molecule has 0 fully saturated rings. The number of aryl methyl sites for hydroxylation is 2. The molecule has 0 aliphatic carbocycles. The molecule has 632 valence electrons. The Labute approximate surface area is 750 Å². The minimum atomic E-state index is -5.01. The third kappa shape index (κ3) is 29.8. The van der Waals surface area contributed by atoms with Crippen LogP contribution in [-0.2, 0) is 77.2 Å². The van der Waals surface area contributed by atoms with Gasteiger partial charge < -0.3 is 57.5 Å². The number of carbonyl (C=O) groups is 4. The smallest absolute Gasteiger partial charge is 0.295 e. The number of carbonyl (C=O) groups excluding carboxylic acids is 4. The molecule has 2 atom stereocenters. The van der Waals surface area contributed by atoms with E-state index in [1.807, 2.05) is 0 Å². The SMILES string of the molecule is C/C(=C\OC=CCNC(=S)Nc1ccc(CCc2ccc(NC(=S)NNC(=O)C(Nc3ccc(Cl)cc3)C(=O)N/N=C/c3cc(Br)c(O)c(Br)c3)cc2S(=O)(=O)O)c(S(=O)(=O)O)c1)CNC(=S)Nc1ccc(/C=C/c2ccc(NC(=S)NNC(=O)C(Nc3ccc(Cl)cc3)C(=O)N/N=C/c3cc(Br)c(O)c(Br)c3)cc2S(=O)(=O)O)c(S(=O)(=O)O)c1. The fourth-order valence-corrected chi connectivity index (χ4v) is 16.4. The van der Waals surface area contributed by atoms with Gasteiger partial charge in [-0.1, -0.05) is 59.6 Å². The number of hydrazone groups is 2. The third-order valence-electron chi connectivity index (χ3n) is 15.6. The van der Waals surface area contributed by atoms with E-state index >= 15 is 0 Å². The number of amides is 4. The van der Waals surface area contributed by atoms with E-state index in [1.54, 1.807) is 6.92 Å². The molecule has 0 saturated heterocycles. The summed E-state index contributed by atoms with van der Waals surface area (Å²) in [4.78, 5) is 51.2. The molecule has 8 aromatic carbocycles. The summed E-state index contributed by atoms with van der Waals surface area (Å²) in [5.41, 5.74) is 16.0. The second kappa shape index (κ2) is 43.5. The van der Waals surface area contributed by atoms with Crippen molar-refractivity contribution >= 4 is 279 Å². The van der Waals surface area contributed by atoms with E-state index in [0.29, 0.717) is 56.0 Å². The van der Waals surface area contributed by atoms with Crippen molar-refractivity contribution < 1.29 is 86.0 Å². The highest BCUT2D eigenvalue weighted by Gasteiger charge is 2.30. The number of benzene rings is 8. The number of phenolic OH excluding ortho intramolecular Hbond substituents is 2. The van der Waals surface area contributed by atoms with E-state index in [2.05, 4.69) is 149 Å². The van der Waals surface area contributed by atoms with Gasteiger partial charge in [0, 0.05) is 57.3 Å². The number of aromatic hydroxyl groups is 2. The van der Waals surface area contributed by atoms with Gasteiger partial charge >= 0.3 is 0 Å². The van der Waals surface area contributed by atoms with Crippen molar-refractivity contribution in [2.24, 2.45) is 10.2 Å². The lowest BCUT2D eigenvalue weighted by Gasteiger charge is -2.19. The van der Waals surface area contributed by atoms with Crippen LogP contribution in [0.2, 0.25) is 10.0 Å². The molecule has 0 aromatic heterocycles. The third-order valence-corrected chi connectivity index (χ3v) is 23.1. The zero-order valence-corrected chi connectivity index (χ0v) is 75.2. The van der Waals surface area contributed by atoms with Gasteiger partial charge in [0.25, 0.3) is 64.1 Å². The molecule has 8 rings (SSSR count). The van der Waals surface area contributed by atoms with Crippen LogP contribution in [0.5, 0.6) is 11.5 Å². The second-order valence-electron chi connectivity index (χ2n) is 24.4. The Balaban J connectivity index is 0.787. The normalized spacial score (nSPS) is 12.4. The number of halogens is 6. The predicted octanol–water partition coefficient (Wildman–Crippen LogP) is 11.0. The van der Waals surface area contributed by atoms with E-state index in [4.69, 9.17) is 76.8 Å². The van der Waals surface area contributed by atoms with Crippen LogP contribution in [0, 0.1) is 0 Å². The summed E-state index contributed by atoms with van der Waals surface area (Å²) in [6.45, 7) is 1.87. The standard InChI is InChI=1S/C71H64Br4Cl2N16O19S8/c1-37(33-79-69(114)85-49-16-8-41(57(30-49)118(103,104)105)4-6-43-10-18-51(32-59(43)120(109,110)111)87-71(116)93-91-67(99)61(83-47-21-13-45(77)14-22-47)65(97)89-81-35-39-27-54(74)63(95)55(75)28-39)36-112-24-2-23-78-68(113)84-48-15-7-40(56(29-48)117(100,101)102)3-5-42-9-17-50(31-58(42)119(106,107)108)86-70(115)92-90-66(98)60(82-46-19-11-44(76)12-20-46)64(96)88-80-34-38-25-52(72)62(94)53(73)26-38/h2,4,6-22,24-32,34-36,60-61,82-83,94-95H,3,5,23,33H2,1H3,(H,88,96)(H,89,97)(H,90,98)(H,91,99)(H2,78,84,113)(H2,79,85,114)(H2,86,92,115)(H2,87,93,116)(H,100,101,102)(H,103,104,105)(H,106,107,108)(H,109,110,111)/b6-4+,24-2?,37-36+,80-34+,81-35+. The number of nitrogens with zero attached hydrogens (tertiary/aromatic N) is 2. The van der Waals surface area contributed by atoms with Crippen LogP contribution in [0.3, 0.4) is 0 Å². The molecule has 35 nitrogen and oxygen atoms in total. The first-order chi connectivity index (χ1) is 56.5. The van der Waals surface area contributed by atoms with Crippen LogP contribution in [0.15, 0.2) is 217 Å². The highest BCUT2D eigenvalue weighted by atomic mass is 79.9. The molecule has 4 amide bonds. The van der Waals surface area contributed by atoms with E-state index < -0.39 is 95.8 Å². The van der Waals surface area contributed by atoms with Gasteiger partial charge in [0.05, 0.1) is 52.6 Å². The van der Waals surface area contributed by atoms with Gasteiger partial charge in [-0.15, -0.1) is 0 Å².